The monoisotopic (exact) mass is 365 g/mol. The molecule has 0 saturated carbocycles. The summed E-state index contributed by atoms with van der Waals surface area (Å²) < 4.78 is 11.6. The minimum Gasteiger partial charge on any atom is -1.00 e. The number of hydrogen-bond donors (Lipinski definition) is 0. The Balaban J connectivity index is 0.00000289. The standard InChI is InChI=1S/C14H24NO2.HI/c1-3-4-11-16-12-7-5-6-8-15(2)9-13-17-14-10-15;/h7,12H,3-4,8-11,13-14H2,1-2H3;1H/q+1;/p-1. The highest BCUT2D eigenvalue weighted by Gasteiger charge is 2.23. The van der Waals surface area contributed by atoms with Crippen molar-refractivity contribution in [1.29, 1.82) is 0 Å². The van der Waals surface area contributed by atoms with Gasteiger partial charge in [0.25, 0.3) is 0 Å². The average Bonchev–Trinajstić information content (AvgIpc) is 2.33. The number of allylic oxidation sites excluding steroid dienone is 1. The van der Waals surface area contributed by atoms with Crippen molar-refractivity contribution < 1.29 is 37.9 Å². The number of halogens is 1. The van der Waals surface area contributed by atoms with Gasteiger partial charge < -0.3 is 37.9 Å². The Bertz CT molecular complexity index is 288. The van der Waals surface area contributed by atoms with E-state index in [1.807, 2.05) is 0 Å². The first-order chi connectivity index (χ1) is 8.27. The van der Waals surface area contributed by atoms with Gasteiger partial charge in [-0.3, -0.25) is 0 Å². The lowest BCUT2D eigenvalue weighted by atomic mass is 10.3. The summed E-state index contributed by atoms with van der Waals surface area (Å²) in [5.41, 5.74) is 0. The molecule has 104 valence electrons. The molecule has 0 aromatic heterocycles. The molecule has 0 aliphatic carbocycles. The molecule has 0 radical (unpaired) electrons. The second-order valence-electron chi connectivity index (χ2n) is 4.69. The fraction of sp³-hybridized carbons (Fsp3) is 0.714. The van der Waals surface area contributed by atoms with E-state index in [0.717, 1.165) is 56.8 Å². The van der Waals surface area contributed by atoms with Crippen molar-refractivity contribution in [2.75, 3.05) is 46.5 Å². The maximum Gasteiger partial charge on any atom is 0.141 e. The molecule has 0 aromatic carbocycles. The molecule has 1 aliphatic heterocycles. The highest BCUT2D eigenvalue weighted by Crippen LogP contribution is 2.05. The van der Waals surface area contributed by atoms with Crippen LogP contribution >= 0.6 is 0 Å². The molecule has 0 spiro atoms. The number of morpholine rings is 1. The first-order valence-electron chi connectivity index (χ1n) is 6.43. The van der Waals surface area contributed by atoms with E-state index in [2.05, 4.69) is 25.8 Å². The summed E-state index contributed by atoms with van der Waals surface area (Å²) in [5.74, 6) is 6.21. The van der Waals surface area contributed by atoms with E-state index >= 15 is 0 Å². The molecule has 4 heteroatoms. The Morgan fingerprint density at radius 3 is 2.72 bits per heavy atom. The van der Waals surface area contributed by atoms with Gasteiger partial charge in [-0.15, -0.1) is 0 Å². The van der Waals surface area contributed by atoms with Crippen LogP contribution in [-0.2, 0) is 9.47 Å². The van der Waals surface area contributed by atoms with E-state index in [0.29, 0.717) is 0 Å². The Labute approximate surface area is 128 Å². The molecule has 0 aromatic rings. The molecule has 1 saturated heterocycles. The molecule has 3 nitrogen and oxygen atoms in total. The predicted octanol–water partition coefficient (Wildman–Crippen LogP) is -1.20. The largest absolute Gasteiger partial charge is 1.00 e. The number of likely N-dealkylation sites (N-methyl/N-ethyl adjacent to an activating group) is 1. The second kappa shape index (κ2) is 10.7. The Hall–Kier alpha value is -0.250. The first-order valence-corrected chi connectivity index (χ1v) is 6.43. The zero-order valence-electron chi connectivity index (χ0n) is 11.5. The van der Waals surface area contributed by atoms with Crippen LogP contribution in [0.15, 0.2) is 12.3 Å². The fourth-order valence-electron chi connectivity index (χ4n) is 1.62. The number of hydrogen-bond acceptors (Lipinski definition) is 2. The summed E-state index contributed by atoms with van der Waals surface area (Å²) in [4.78, 5) is 0. The molecule has 1 aliphatic rings. The lowest BCUT2D eigenvalue weighted by Gasteiger charge is -2.35. The quantitative estimate of drug-likeness (QED) is 0.200. The van der Waals surface area contributed by atoms with Gasteiger partial charge in [-0.2, -0.15) is 0 Å². The van der Waals surface area contributed by atoms with Crippen LogP contribution in [-0.4, -0.2) is 51.0 Å². The number of unbranched alkanes of at least 4 members (excludes halogenated alkanes) is 1. The van der Waals surface area contributed by atoms with Crippen LogP contribution in [0.4, 0.5) is 0 Å². The zero-order chi connectivity index (χ0) is 12.4. The minimum atomic E-state index is 0. The van der Waals surface area contributed by atoms with Crippen molar-refractivity contribution >= 4 is 0 Å². The van der Waals surface area contributed by atoms with E-state index in [9.17, 15) is 0 Å². The summed E-state index contributed by atoms with van der Waals surface area (Å²) in [5, 5.41) is 0. The van der Waals surface area contributed by atoms with Crippen molar-refractivity contribution in [3.05, 3.63) is 12.3 Å². The molecule has 18 heavy (non-hydrogen) atoms. The first kappa shape index (κ1) is 17.8. The van der Waals surface area contributed by atoms with Crippen LogP contribution in [0.2, 0.25) is 0 Å². The van der Waals surface area contributed by atoms with Crippen molar-refractivity contribution in [3.63, 3.8) is 0 Å². The van der Waals surface area contributed by atoms with Gasteiger partial charge in [0, 0.05) is 6.08 Å². The third-order valence-corrected chi connectivity index (χ3v) is 2.98. The number of nitrogens with zero attached hydrogens (tertiary/aromatic N) is 1. The zero-order valence-corrected chi connectivity index (χ0v) is 13.6. The van der Waals surface area contributed by atoms with E-state index in [-0.39, 0.29) is 24.0 Å². The van der Waals surface area contributed by atoms with Gasteiger partial charge in [-0.25, -0.2) is 0 Å². The highest BCUT2D eigenvalue weighted by molar-refractivity contribution is 5.13. The summed E-state index contributed by atoms with van der Waals surface area (Å²) in [6, 6.07) is 0. The number of quaternary nitrogens is 1. The molecule has 0 amide bonds. The Kier molecular flexibility index (Phi) is 10.5. The second-order valence-corrected chi connectivity index (χ2v) is 4.69. The third-order valence-electron chi connectivity index (χ3n) is 2.98. The van der Waals surface area contributed by atoms with E-state index < -0.39 is 0 Å². The maximum absolute atomic E-state index is 5.35. The summed E-state index contributed by atoms with van der Waals surface area (Å²) >= 11 is 0. The van der Waals surface area contributed by atoms with Gasteiger partial charge in [0.05, 0.1) is 33.1 Å². The minimum absolute atomic E-state index is 0. The molecule has 1 rings (SSSR count). The van der Waals surface area contributed by atoms with Crippen molar-refractivity contribution in [2.45, 2.75) is 19.8 Å². The average molecular weight is 365 g/mol. The molecule has 0 bridgehead atoms. The molecular weight excluding hydrogens is 341 g/mol. The van der Waals surface area contributed by atoms with Crippen LogP contribution in [0.5, 0.6) is 0 Å². The lowest BCUT2D eigenvalue weighted by Crippen LogP contribution is -3.00. The Morgan fingerprint density at radius 2 is 2.06 bits per heavy atom. The number of rotatable bonds is 5. The molecule has 1 fully saturated rings. The van der Waals surface area contributed by atoms with Gasteiger partial charge in [-0.05, 0) is 12.3 Å². The lowest BCUT2D eigenvalue weighted by molar-refractivity contribution is -0.910. The summed E-state index contributed by atoms with van der Waals surface area (Å²) in [6.45, 7) is 7.67. The Morgan fingerprint density at radius 1 is 1.33 bits per heavy atom. The SMILES string of the molecule is CCCCOC=CC#CC[N+]1(C)CCOCC1.[I-]. The normalized spacial score (nSPS) is 17.7. The van der Waals surface area contributed by atoms with Gasteiger partial charge in [0.1, 0.15) is 19.6 Å². The predicted molar refractivity (Wildman–Crippen MR) is 69.4 cm³/mol. The van der Waals surface area contributed by atoms with Crippen LogP contribution in [0.1, 0.15) is 19.8 Å². The molecule has 0 atom stereocenters. The topological polar surface area (TPSA) is 18.5 Å². The van der Waals surface area contributed by atoms with Gasteiger partial charge >= 0.3 is 0 Å². The molecule has 0 unspecified atom stereocenters. The van der Waals surface area contributed by atoms with Crippen LogP contribution < -0.4 is 24.0 Å². The highest BCUT2D eigenvalue weighted by atomic mass is 127. The number of ether oxygens (including phenoxy) is 2. The van der Waals surface area contributed by atoms with Gasteiger partial charge in [0.2, 0.25) is 0 Å². The third kappa shape index (κ3) is 7.96. The van der Waals surface area contributed by atoms with E-state index in [1.165, 1.54) is 0 Å². The van der Waals surface area contributed by atoms with Crippen molar-refractivity contribution in [3.8, 4) is 11.8 Å². The van der Waals surface area contributed by atoms with Gasteiger partial charge in [0.15, 0.2) is 0 Å². The van der Waals surface area contributed by atoms with Crippen LogP contribution in [0.3, 0.4) is 0 Å². The van der Waals surface area contributed by atoms with Crippen molar-refractivity contribution in [1.82, 2.24) is 0 Å². The summed E-state index contributed by atoms with van der Waals surface area (Å²) in [6.07, 6.45) is 5.76. The fourth-order valence-corrected chi connectivity index (χ4v) is 1.62. The van der Waals surface area contributed by atoms with Crippen molar-refractivity contribution in [2.24, 2.45) is 0 Å². The molecule has 0 N–H and O–H groups in total. The smallest absolute Gasteiger partial charge is 0.141 e. The maximum atomic E-state index is 5.35. The van der Waals surface area contributed by atoms with Gasteiger partial charge in [-0.1, -0.05) is 19.3 Å². The van der Waals surface area contributed by atoms with E-state index in [4.69, 9.17) is 9.47 Å². The summed E-state index contributed by atoms with van der Waals surface area (Å²) in [7, 11) is 2.23. The molecular formula is C14H24INO2. The van der Waals surface area contributed by atoms with Crippen LogP contribution in [0.25, 0.3) is 0 Å². The van der Waals surface area contributed by atoms with Crippen LogP contribution in [0, 0.1) is 11.8 Å². The molecule has 1 heterocycles. The van der Waals surface area contributed by atoms with E-state index in [1.54, 1.807) is 12.3 Å².